The number of hydrogen-bond acceptors (Lipinski definition) is 6. The average Bonchev–Trinajstić information content (AvgIpc) is 2.97. The number of amides is 1. The van der Waals surface area contributed by atoms with Crippen molar-refractivity contribution < 1.29 is 28.6 Å². The second-order valence-corrected chi connectivity index (χ2v) is 10.2. The third kappa shape index (κ3) is 8.18. The molecule has 4 aromatic rings. The van der Waals surface area contributed by atoms with Crippen molar-refractivity contribution >= 4 is 28.6 Å². The van der Waals surface area contributed by atoms with Crippen LogP contribution in [0.4, 0.5) is 0 Å². The van der Waals surface area contributed by atoms with Crippen LogP contribution < -0.4 is 10.1 Å². The largest absolute Gasteiger partial charge is 0.488 e. The Hall–Kier alpha value is -4.65. The van der Waals surface area contributed by atoms with E-state index < -0.39 is 17.5 Å². The van der Waals surface area contributed by atoms with Crippen LogP contribution in [0.1, 0.15) is 38.3 Å². The molecule has 0 radical (unpaired) electrons. The molecule has 0 heterocycles. The summed E-state index contributed by atoms with van der Waals surface area (Å²) in [6.07, 6.45) is 0.971. The molecule has 0 unspecified atom stereocenters. The molecular weight excluding hydrogens is 518 g/mol. The van der Waals surface area contributed by atoms with E-state index in [4.69, 9.17) is 14.2 Å². The predicted molar refractivity (Wildman–Crippen MR) is 158 cm³/mol. The lowest BCUT2D eigenvalue weighted by Crippen LogP contribution is -2.55. The maximum absolute atomic E-state index is 12.0. The van der Waals surface area contributed by atoms with Gasteiger partial charge in [-0.15, -0.1) is 0 Å². The van der Waals surface area contributed by atoms with E-state index in [2.05, 4.69) is 35.6 Å². The highest BCUT2D eigenvalue weighted by atomic mass is 16.5. The molecule has 7 heteroatoms. The van der Waals surface area contributed by atoms with Crippen molar-refractivity contribution in [2.45, 2.75) is 45.8 Å². The van der Waals surface area contributed by atoms with Crippen molar-refractivity contribution in [1.29, 1.82) is 0 Å². The number of aryl methyl sites for hydroxylation is 1. The van der Waals surface area contributed by atoms with Gasteiger partial charge in [0.15, 0.2) is 0 Å². The van der Waals surface area contributed by atoms with Crippen molar-refractivity contribution in [3.63, 3.8) is 0 Å². The maximum atomic E-state index is 12.0. The van der Waals surface area contributed by atoms with Crippen LogP contribution in [0.2, 0.25) is 0 Å². The van der Waals surface area contributed by atoms with Gasteiger partial charge in [0.05, 0.1) is 0 Å². The fourth-order valence-corrected chi connectivity index (χ4v) is 4.80. The Morgan fingerprint density at radius 3 is 1.95 bits per heavy atom. The maximum Gasteiger partial charge on any atom is 0.302 e. The lowest BCUT2D eigenvalue weighted by molar-refractivity contribution is -0.150. The van der Waals surface area contributed by atoms with Crippen LogP contribution in [0.5, 0.6) is 5.75 Å². The normalized spacial score (nSPS) is 11.1. The van der Waals surface area contributed by atoms with E-state index in [1.54, 1.807) is 0 Å². The zero-order valence-electron chi connectivity index (χ0n) is 23.6. The summed E-state index contributed by atoms with van der Waals surface area (Å²) in [6.45, 7) is 4.28. The molecule has 0 fully saturated rings. The quantitative estimate of drug-likeness (QED) is 0.216. The van der Waals surface area contributed by atoms with Crippen LogP contribution in [0, 0.1) is 0 Å². The summed E-state index contributed by atoms with van der Waals surface area (Å²) in [5.74, 6) is -0.423. The molecule has 7 nitrogen and oxygen atoms in total. The highest BCUT2D eigenvalue weighted by Crippen LogP contribution is 2.34. The standard InChI is InChI=1S/C34H35NO6/c1-24(36)35-34(22-40-25(2)37,23-41-26(3)38)20-19-27-15-17-29(18-16-27)30-11-7-13-32-31(30)12-8-14-33(32)39-21-28-9-5-4-6-10-28/h4-18H,19-23H2,1-3H3,(H,35,36). The van der Waals surface area contributed by atoms with Crippen LogP contribution in [-0.2, 0) is 36.9 Å². The number of fused-ring (bicyclic) bond motifs is 1. The molecule has 0 spiro atoms. The molecule has 0 bridgehead atoms. The Morgan fingerprint density at radius 1 is 0.683 bits per heavy atom. The van der Waals surface area contributed by atoms with Gasteiger partial charge in [-0.2, -0.15) is 0 Å². The van der Waals surface area contributed by atoms with Gasteiger partial charge in [0, 0.05) is 26.2 Å². The number of hydrogen-bond donors (Lipinski definition) is 1. The highest BCUT2D eigenvalue weighted by molar-refractivity contribution is 5.99. The highest BCUT2D eigenvalue weighted by Gasteiger charge is 2.34. The van der Waals surface area contributed by atoms with Gasteiger partial charge < -0.3 is 19.5 Å². The smallest absolute Gasteiger partial charge is 0.302 e. The molecule has 1 amide bonds. The summed E-state index contributed by atoms with van der Waals surface area (Å²) in [5.41, 5.74) is 3.26. The van der Waals surface area contributed by atoms with E-state index in [1.807, 2.05) is 60.7 Å². The summed E-state index contributed by atoms with van der Waals surface area (Å²) in [5, 5.41) is 4.99. The van der Waals surface area contributed by atoms with E-state index in [9.17, 15) is 14.4 Å². The van der Waals surface area contributed by atoms with Gasteiger partial charge in [-0.25, -0.2) is 0 Å². The molecule has 212 valence electrons. The minimum Gasteiger partial charge on any atom is -0.488 e. The number of benzene rings is 4. The number of rotatable bonds is 12. The molecule has 0 saturated carbocycles. The Morgan fingerprint density at radius 2 is 1.32 bits per heavy atom. The summed E-state index contributed by atoms with van der Waals surface area (Å²) in [7, 11) is 0. The molecule has 4 aromatic carbocycles. The topological polar surface area (TPSA) is 90.9 Å². The van der Waals surface area contributed by atoms with Gasteiger partial charge in [0.2, 0.25) is 5.91 Å². The van der Waals surface area contributed by atoms with E-state index in [1.165, 1.54) is 20.8 Å². The fourth-order valence-electron chi connectivity index (χ4n) is 4.80. The van der Waals surface area contributed by atoms with Crippen LogP contribution >= 0.6 is 0 Å². The number of carbonyl (C=O) groups is 3. The Balaban J connectivity index is 1.53. The van der Waals surface area contributed by atoms with Crippen LogP contribution in [-0.4, -0.2) is 36.6 Å². The van der Waals surface area contributed by atoms with Crippen molar-refractivity contribution in [2.75, 3.05) is 13.2 Å². The van der Waals surface area contributed by atoms with Crippen LogP contribution in [0.15, 0.2) is 91.0 Å². The Bertz CT molecular complexity index is 1480. The van der Waals surface area contributed by atoms with Gasteiger partial charge in [0.1, 0.15) is 31.1 Å². The summed E-state index contributed by atoms with van der Waals surface area (Å²) in [6, 6.07) is 30.6. The molecule has 41 heavy (non-hydrogen) atoms. The first kappa shape index (κ1) is 29.3. The monoisotopic (exact) mass is 553 g/mol. The van der Waals surface area contributed by atoms with Crippen LogP contribution in [0.25, 0.3) is 21.9 Å². The van der Waals surface area contributed by atoms with Gasteiger partial charge in [-0.3, -0.25) is 14.4 Å². The first-order valence-corrected chi connectivity index (χ1v) is 13.6. The number of nitrogens with one attached hydrogen (secondary N) is 1. The Labute approximate surface area is 240 Å². The molecule has 0 aliphatic heterocycles. The second kappa shape index (κ2) is 13.6. The summed E-state index contributed by atoms with van der Waals surface area (Å²) >= 11 is 0. The molecular formula is C34H35NO6. The van der Waals surface area contributed by atoms with Gasteiger partial charge in [-0.05, 0) is 46.5 Å². The molecule has 0 saturated heterocycles. The first-order chi connectivity index (χ1) is 19.7. The first-order valence-electron chi connectivity index (χ1n) is 13.6. The SMILES string of the molecule is CC(=O)NC(CCc1ccc(-c2cccc3c(OCc4ccccc4)cccc23)cc1)(COC(C)=O)COC(C)=O. The van der Waals surface area contributed by atoms with Gasteiger partial charge in [-0.1, -0.05) is 84.9 Å². The molecule has 0 aromatic heterocycles. The lowest BCUT2D eigenvalue weighted by Gasteiger charge is -2.33. The van der Waals surface area contributed by atoms with Gasteiger partial charge >= 0.3 is 11.9 Å². The third-order valence-electron chi connectivity index (χ3n) is 6.82. The van der Waals surface area contributed by atoms with Crippen molar-refractivity contribution in [2.24, 2.45) is 0 Å². The van der Waals surface area contributed by atoms with E-state index >= 15 is 0 Å². The lowest BCUT2D eigenvalue weighted by atomic mass is 9.91. The zero-order chi connectivity index (χ0) is 29.2. The average molecular weight is 554 g/mol. The molecule has 0 aliphatic rings. The zero-order valence-corrected chi connectivity index (χ0v) is 23.6. The molecule has 4 rings (SSSR count). The van der Waals surface area contributed by atoms with Crippen molar-refractivity contribution in [1.82, 2.24) is 5.32 Å². The van der Waals surface area contributed by atoms with E-state index in [0.29, 0.717) is 19.4 Å². The van der Waals surface area contributed by atoms with E-state index in [0.717, 1.165) is 38.8 Å². The fraction of sp³-hybridized carbons (Fsp3) is 0.265. The van der Waals surface area contributed by atoms with Gasteiger partial charge in [0.25, 0.3) is 0 Å². The number of esters is 2. The second-order valence-electron chi connectivity index (χ2n) is 10.2. The number of carbonyl (C=O) groups excluding carboxylic acids is 3. The Kier molecular flexibility index (Phi) is 9.74. The molecule has 1 N–H and O–H groups in total. The number of ether oxygens (including phenoxy) is 3. The van der Waals surface area contributed by atoms with Crippen molar-refractivity contribution in [3.05, 3.63) is 102 Å². The van der Waals surface area contributed by atoms with E-state index in [-0.39, 0.29) is 19.1 Å². The summed E-state index contributed by atoms with van der Waals surface area (Å²) < 4.78 is 16.7. The minimum absolute atomic E-state index is 0.0992. The predicted octanol–water partition coefficient (Wildman–Crippen LogP) is 6.02. The molecule has 0 aliphatic carbocycles. The van der Waals surface area contributed by atoms with Crippen LogP contribution in [0.3, 0.4) is 0 Å². The minimum atomic E-state index is -1.03. The summed E-state index contributed by atoms with van der Waals surface area (Å²) in [4.78, 5) is 35.1. The van der Waals surface area contributed by atoms with Crippen molar-refractivity contribution in [3.8, 4) is 16.9 Å². The molecule has 0 atom stereocenters. The third-order valence-corrected chi connectivity index (χ3v) is 6.82.